The van der Waals surface area contributed by atoms with Crippen LogP contribution in [0.4, 0.5) is 0 Å². The summed E-state index contributed by atoms with van der Waals surface area (Å²) in [4.78, 5) is 20.8. The van der Waals surface area contributed by atoms with Crippen molar-refractivity contribution in [3.8, 4) is 0 Å². The van der Waals surface area contributed by atoms with Crippen LogP contribution in [0.3, 0.4) is 0 Å². The van der Waals surface area contributed by atoms with Gasteiger partial charge in [0.05, 0.1) is 15.2 Å². The molecule has 1 aliphatic rings. The van der Waals surface area contributed by atoms with E-state index in [9.17, 15) is 4.79 Å². The lowest BCUT2D eigenvalue weighted by Gasteiger charge is -2.31. The number of thioether (sulfide) groups is 1. The number of hydrogen-bond donors (Lipinski definition) is 0. The van der Waals surface area contributed by atoms with E-state index in [2.05, 4.69) is 31.2 Å². The van der Waals surface area contributed by atoms with Crippen molar-refractivity contribution in [2.24, 2.45) is 0 Å². The molecule has 0 atom stereocenters. The van der Waals surface area contributed by atoms with E-state index in [1.165, 1.54) is 14.6 Å². The Morgan fingerprint density at radius 1 is 1.19 bits per heavy atom. The summed E-state index contributed by atoms with van der Waals surface area (Å²) in [5.74, 6) is 1.65. The molecule has 5 heteroatoms. The number of thiazole rings is 1. The second-order valence-electron chi connectivity index (χ2n) is 6.55. The molecule has 0 radical (unpaired) electrons. The van der Waals surface area contributed by atoms with Crippen LogP contribution in [-0.4, -0.2) is 34.6 Å². The second kappa shape index (κ2) is 7.80. The van der Waals surface area contributed by atoms with Crippen molar-refractivity contribution in [1.29, 1.82) is 0 Å². The molecule has 1 aromatic heterocycles. The Kier molecular flexibility index (Phi) is 5.27. The van der Waals surface area contributed by atoms with Gasteiger partial charge in [0, 0.05) is 29.5 Å². The number of benzene rings is 2. The van der Waals surface area contributed by atoms with Gasteiger partial charge in [0.2, 0.25) is 0 Å². The lowest BCUT2D eigenvalue weighted by Crippen LogP contribution is -2.37. The van der Waals surface area contributed by atoms with E-state index in [4.69, 9.17) is 4.98 Å². The van der Waals surface area contributed by atoms with Gasteiger partial charge in [-0.05, 0) is 48.9 Å². The number of carbonyl (C=O) groups is 1. The van der Waals surface area contributed by atoms with Crippen molar-refractivity contribution < 1.29 is 4.79 Å². The minimum Gasteiger partial charge on any atom is -0.339 e. The highest BCUT2D eigenvalue weighted by molar-refractivity contribution is 7.99. The number of nitrogens with zero attached hydrogens (tertiary/aromatic N) is 2. The van der Waals surface area contributed by atoms with E-state index >= 15 is 0 Å². The first-order valence-electron chi connectivity index (χ1n) is 9.12. The van der Waals surface area contributed by atoms with Crippen LogP contribution in [0.5, 0.6) is 0 Å². The molecule has 0 bridgehead atoms. The van der Waals surface area contributed by atoms with Gasteiger partial charge in [0.15, 0.2) is 0 Å². The summed E-state index contributed by atoms with van der Waals surface area (Å²) in [6.45, 7) is 3.75. The molecule has 2 heterocycles. The van der Waals surface area contributed by atoms with Crippen LogP contribution in [0.15, 0.2) is 53.4 Å². The van der Waals surface area contributed by atoms with Gasteiger partial charge >= 0.3 is 0 Å². The molecule has 3 nitrogen and oxygen atoms in total. The minimum atomic E-state index is 0.159. The number of likely N-dealkylation sites (tertiary alicyclic amines) is 1. The molecular weight excluding hydrogens is 360 g/mol. The maximum absolute atomic E-state index is 12.8. The first-order valence-corrected chi connectivity index (χ1v) is 10.9. The van der Waals surface area contributed by atoms with E-state index < -0.39 is 0 Å². The molecule has 134 valence electrons. The van der Waals surface area contributed by atoms with Gasteiger partial charge in [0.25, 0.3) is 5.91 Å². The van der Waals surface area contributed by atoms with Gasteiger partial charge in [0.1, 0.15) is 0 Å². The average Bonchev–Trinajstić information content (AvgIpc) is 3.12. The highest BCUT2D eigenvalue weighted by Crippen LogP contribution is 2.34. The molecule has 26 heavy (non-hydrogen) atoms. The van der Waals surface area contributed by atoms with Crippen LogP contribution >= 0.6 is 23.1 Å². The number of carbonyl (C=O) groups excluding carboxylic acids is 1. The zero-order chi connectivity index (χ0) is 17.9. The molecule has 0 N–H and O–H groups in total. The van der Waals surface area contributed by atoms with Crippen LogP contribution in [0.2, 0.25) is 0 Å². The number of para-hydroxylation sites is 1. The largest absolute Gasteiger partial charge is 0.339 e. The third-order valence-electron chi connectivity index (χ3n) is 4.83. The highest BCUT2D eigenvalue weighted by Gasteiger charge is 2.26. The van der Waals surface area contributed by atoms with Gasteiger partial charge in [-0.2, -0.15) is 0 Å². The fourth-order valence-corrected chi connectivity index (χ4v) is 5.32. The summed E-state index contributed by atoms with van der Waals surface area (Å²) in [7, 11) is 0. The van der Waals surface area contributed by atoms with Crippen molar-refractivity contribution in [2.75, 3.05) is 18.8 Å². The Morgan fingerprint density at radius 2 is 2.00 bits per heavy atom. The van der Waals surface area contributed by atoms with Crippen LogP contribution in [0.25, 0.3) is 10.2 Å². The first-order chi connectivity index (χ1) is 12.7. The summed E-state index contributed by atoms with van der Waals surface area (Å²) >= 11 is 3.58. The van der Waals surface area contributed by atoms with Crippen LogP contribution < -0.4 is 0 Å². The smallest absolute Gasteiger partial charge is 0.253 e. The molecule has 3 aromatic rings. The molecular formula is C21H22N2OS2. The number of amides is 1. The Hall–Kier alpha value is -1.85. The van der Waals surface area contributed by atoms with Crippen molar-refractivity contribution >= 4 is 39.2 Å². The third-order valence-corrected chi connectivity index (χ3v) is 6.91. The monoisotopic (exact) mass is 382 g/mol. The van der Waals surface area contributed by atoms with Gasteiger partial charge in [-0.1, -0.05) is 25.1 Å². The van der Waals surface area contributed by atoms with Gasteiger partial charge in [-0.15, -0.1) is 23.1 Å². The van der Waals surface area contributed by atoms with Gasteiger partial charge < -0.3 is 4.90 Å². The molecule has 2 aromatic carbocycles. The van der Waals surface area contributed by atoms with E-state index in [1.54, 1.807) is 23.1 Å². The molecule has 0 saturated carbocycles. The fourth-order valence-electron chi connectivity index (χ4n) is 3.46. The summed E-state index contributed by atoms with van der Waals surface area (Å²) in [5.41, 5.74) is 1.90. The lowest BCUT2D eigenvalue weighted by molar-refractivity contribution is 0.0712. The standard InChI is InChI=1S/C21H22N2OS2/c1-2-25-17-7-5-6-16(14-17)21(24)23-12-10-15(11-13-23)20-22-18-8-3-4-9-19(18)26-20/h3-9,14-15H,2,10-13H2,1H3. The van der Waals surface area contributed by atoms with Crippen molar-refractivity contribution in [3.63, 3.8) is 0 Å². The van der Waals surface area contributed by atoms with E-state index in [0.717, 1.165) is 42.8 Å². The van der Waals surface area contributed by atoms with E-state index in [1.807, 2.05) is 29.2 Å². The Morgan fingerprint density at radius 3 is 2.77 bits per heavy atom. The average molecular weight is 383 g/mol. The number of piperidine rings is 1. The third kappa shape index (κ3) is 3.64. The maximum Gasteiger partial charge on any atom is 0.253 e. The second-order valence-corrected chi connectivity index (χ2v) is 8.95. The predicted molar refractivity (Wildman–Crippen MR) is 110 cm³/mol. The first kappa shape index (κ1) is 17.6. The van der Waals surface area contributed by atoms with Gasteiger partial charge in [-0.25, -0.2) is 4.98 Å². The van der Waals surface area contributed by atoms with E-state index in [-0.39, 0.29) is 5.91 Å². The van der Waals surface area contributed by atoms with E-state index in [0.29, 0.717) is 5.92 Å². The van der Waals surface area contributed by atoms with Gasteiger partial charge in [-0.3, -0.25) is 4.79 Å². The number of aromatic nitrogens is 1. The Bertz CT molecular complexity index is 880. The molecule has 0 aliphatic carbocycles. The molecule has 1 saturated heterocycles. The summed E-state index contributed by atoms with van der Waals surface area (Å²) in [6.07, 6.45) is 1.99. The molecule has 0 unspecified atom stereocenters. The number of rotatable bonds is 4. The fraction of sp³-hybridized carbons (Fsp3) is 0.333. The predicted octanol–water partition coefficient (Wildman–Crippen LogP) is 5.43. The molecule has 4 rings (SSSR count). The normalized spacial score (nSPS) is 15.5. The molecule has 1 amide bonds. The minimum absolute atomic E-state index is 0.159. The molecule has 1 fully saturated rings. The van der Waals surface area contributed by atoms with Crippen LogP contribution in [0.1, 0.15) is 41.0 Å². The molecule has 1 aliphatic heterocycles. The summed E-state index contributed by atoms with van der Waals surface area (Å²) in [6, 6.07) is 16.3. The zero-order valence-electron chi connectivity index (χ0n) is 14.9. The molecule has 0 spiro atoms. The van der Waals surface area contributed by atoms with Crippen LogP contribution in [-0.2, 0) is 0 Å². The number of fused-ring (bicyclic) bond motifs is 1. The topological polar surface area (TPSA) is 33.2 Å². The van der Waals surface area contributed by atoms with Crippen LogP contribution in [0, 0.1) is 0 Å². The number of hydrogen-bond acceptors (Lipinski definition) is 4. The maximum atomic E-state index is 12.8. The van der Waals surface area contributed by atoms with Crippen molar-refractivity contribution in [2.45, 2.75) is 30.6 Å². The SMILES string of the molecule is CCSc1cccc(C(=O)N2CCC(c3nc4ccccc4s3)CC2)c1. The van der Waals surface area contributed by atoms with Crippen molar-refractivity contribution in [1.82, 2.24) is 9.88 Å². The Labute approximate surface area is 162 Å². The van der Waals surface area contributed by atoms with Crippen molar-refractivity contribution in [3.05, 3.63) is 59.1 Å². The lowest BCUT2D eigenvalue weighted by atomic mass is 9.97. The summed E-state index contributed by atoms with van der Waals surface area (Å²) < 4.78 is 1.26. The zero-order valence-corrected chi connectivity index (χ0v) is 16.5. The summed E-state index contributed by atoms with van der Waals surface area (Å²) in [5, 5.41) is 1.22. The highest BCUT2D eigenvalue weighted by atomic mass is 32.2. The Balaban J connectivity index is 1.43. The quantitative estimate of drug-likeness (QED) is 0.564.